The number of aryl methyl sites for hydroxylation is 2. The summed E-state index contributed by atoms with van der Waals surface area (Å²) < 4.78 is 5.68. The van der Waals surface area contributed by atoms with E-state index in [0.29, 0.717) is 6.04 Å². The fourth-order valence-electron chi connectivity index (χ4n) is 2.43. The second kappa shape index (κ2) is 7.62. The first-order valence-electron chi connectivity index (χ1n) is 7.62. The quantitative estimate of drug-likeness (QED) is 0.776. The van der Waals surface area contributed by atoms with Gasteiger partial charge in [-0.25, -0.2) is 0 Å². The number of hydrogen-bond donors (Lipinski definition) is 1. The Labute approximate surface area is 132 Å². The number of ether oxygens (including phenoxy) is 1. The number of hydrogen-bond acceptors (Lipinski definition) is 3. The van der Waals surface area contributed by atoms with Crippen LogP contribution < -0.4 is 10.1 Å². The van der Waals surface area contributed by atoms with Crippen molar-refractivity contribution in [2.75, 3.05) is 6.61 Å². The van der Waals surface area contributed by atoms with Crippen molar-refractivity contribution < 1.29 is 4.74 Å². The average molecular weight is 303 g/mol. The van der Waals surface area contributed by atoms with E-state index in [4.69, 9.17) is 4.74 Å². The predicted octanol–water partition coefficient (Wildman–Crippen LogP) is 5.00. The van der Waals surface area contributed by atoms with Gasteiger partial charge in [0, 0.05) is 22.3 Å². The Morgan fingerprint density at radius 1 is 1.24 bits per heavy atom. The predicted molar refractivity (Wildman–Crippen MR) is 91.3 cm³/mol. The summed E-state index contributed by atoms with van der Waals surface area (Å²) in [5.74, 6) is 0.964. The second-order valence-electron chi connectivity index (χ2n) is 5.47. The van der Waals surface area contributed by atoms with E-state index in [-0.39, 0.29) is 0 Å². The minimum Gasteiger partial charge on any atom is -0.494 e. The van der Waals surface area contributed by atoms with Crippen molar-refractivity contribution in [1.82, 2.24) is 5.32 Å². The van der Waals surface area contributed by atoms with Crippen molar-refractivity contribution in [3.63, 3.8) is 0 Å². The molecule has 1 heterocycles. The normalized spacial score (nSPS) is 12.4. The zero-order valence-electron chi connectivity index (χ0n) is 13.4. The van der Waals surface area contributed by atoms with Crippen LogP contribution >= 0.6 is 11.3 Å². The van der Waals surface area contributed by atoms with Gasteiger partial charge in [0.05, 0.1) is 6.61 Å². The van der Waals surface area contributed by atoms with Crippen molar-refractivity contribution in [3.05, 3.63) is 51.2 Å². The van der Waals surface area contributed by atoms with Crippen LogP contribution in [0.2, 0.25) is 0 Å². The summed E-state index contributed by atoms with van der Waals surface area (Å²) in [5.41, 5.74) is 2.68. The highest BCUT2D eigenvalue weighted by atomic mass is 32.1. The largest absolute Gasteiger partial charge is 0.494 e. The fourth-order valence-corrected chi connectivity index (χ4v) is 3.45. The molecule has 2 aromatic rings. The molecule has 0 bridgehead atoms. The summed E-state index contributed by atoms with van der Waals surface area (Å²) in [4.78, 5) is 2.79. The van der Waals surface area contributed by atoms with Crippen molar-refractivity contribution >= 4 is 11.3 Å². The van der Waals surface area contributed by atoms with E-state index >= 15 is 0 Å². The lowest BCUT2D eigenvalue weighted by atomic mass is 10.1. The molecule has 0 aliphatic rings. The molecule has 0 fully saturated rings. The van der Waals surface area contributed by atoms with Crippen molar-refractivity contribution in [1.29, 1.82) is 0 Å². The number of thiophene rings is 1. The summed E-state index contributed by atoms with van der Waals surface area (Å²) in [7, 11) is 0. The summed E-state index contributed by atoms with van der Waals surface area (Å²) in [6, 6.07) is 11.0. The lowest BCUT2D eigenvalue weighted by molar-refractivity contribution is 0.317. The Morgan fingerprint density at radius 2 is 2.05 bits per heavy atom. The van der Waals surface area contributed by atoms with Gasteiger partial charge in [0.15, 0.2) is 0 Å². The van der Waals surface area contributed by atoms with Gasteiger partial charge in [-0.2, -0.15) is 0 Å². The van der Waals surface area contributed by atoms with Gasteiger partial charge in [0.25, 0.3) is 0 Å². The molecule has 0 spiro atoms. The molecule has 21 heavy (non-hydrogen) atoms. The topological polar surface area (TPSA) is 21.3 Å². The molecule has 0 amide bonds. The first-order chi connectivity index (χ1) is 10.1. The van der Waals surface area contributed by atoms with Crippen LogP contribution in [-0.2, 0) is 6.54 Å². The molecule has 0 aliphatic carbocycles. The summed E-state index contributed by atoms with van der Waals surface area (Å²) in [5, 5.41) is 3.60. The number of benzene rings is 1. The molecular weight excluding hydrogens is 278 g/mol. The molecule has 1 unspecified atom stereocenters. The molecule has 0 aliphatic heterocycles. The lowest BCUT2D eigenvalue weighted by Gasteiger charge is -2.14. The molecule has 1 N–H and O–H groups in total. The van der Waals surface area contributed by atoms with Gasteiger partial charge in [-0.05, 0) is 56.5 Å². The summed E-state index contributed by atoms with van der Waals surface area (Å²) in [6.07, 6.45) is 1.04. The smallest absolute Gasteiger partial charge is 0.119 e. The van der Waals surface area contributed by atoms with Crippen molar-refractivity contribution in [2.45, 2.75) is 46.7 Å². The van der Waals surface area contributed by atoms with E-state index in [0.717, 1.165) is 25.3 Å². The molecule has 2 nitrogen and oxygen atoms in total. The monoisotopic (exact) mass is 303 g/mol. The maximum absolute atomic E-state index is 5.68. The SMILES string of the molecule is CCCOc1cccc(CNC(C)c2cc(C)sc2C)c1. The van der Waals surface area contributed by atoms with Gasteiger partial charge in [0.1, 0.15) is 5.75 Å². The van der Waals surface area contributed by atoms with Crippen molar-refractivity contribution in [2.24, 2.45) is 0 Å². The molecule has 0 radical (unpaired) electrons. The van der Waals surface area contributed by atoms with Gasteiger partial charge < -0.3 is 10.1 Å². The van der Waals surface area contributed by atoms with Gasteiger partial charge in [-0.15, -0.1) is 11.3 Å². The van der Waals surface area contributed by atoms with E-state index in [2.05, 4.69) is 57.3 Å². The van der Waals surface area contributed by atoms with Crippen LogP contribution in [0.1, 0.15) is 47.2 Å². The molecule has 1 atom stereocenters. The summed E-state index contributed by atoms with van der Waals surface area (Å²) in [6.45, 7) is 10.4. The molecule has 3 heteroatoms. The number of rotatable bonds is 7. The first-order valence-corrected chi connectivity index (χ1v) is 8.44. The van der Waals surface area contributed by atoms with Crippen LogP contribution in [0.25, 0.3) is 0 Å². The third-order valence-corrected chi connectivity index (χ3v) is 4.51. The highest BCUT2D eigenvalue weighted by Gasteiger charge is 2.10. The molecule has 1 aromatic heterocycles. The zero-order valence-corrected chi connectivity index (χ0v) is 14.2. The van der Waals surface area contributed by atoms with Crippen LogP contribution in [-0.4, -0.2) is 6.61 Å². The van der Waals surface area contributed by atoms with Crippen LogP contribution in [0.15, 0.2) is 30.3 Å². The Bertz CT molecular complexity index is 576. The van der Waals surface area contributed by atoms with Crippen LogP contribution in [0, 0.1) is 13.8 Å². The minimum atomic E-state index is 0.371. The van der Waals surface area contributed by atoms with Crippen LogP contribution in [0.4, 0.5) is 0 Å². The van der Waals surface area contributed by atoms with Crippen LogP contribution in [0.5, 0.6) is 5.75 Å². The van der Waals surface area contributed by atoms with Gasteiger partial charge in [-0.3, -0.25) is 0 Å². The van der Waals surface area contributed by atoms with Crippen LogP contribution in [0.3, 0.4) is 0 Å². The second-order valence-corrected chi connectivity index (χ2v) is 6.93. The van der Waals surface area contributed by atoms with Gasteiger partial charge in [0.2, 0.25) is 0 Å². The highest BCUT2D eigenvalue weighted by molar-refractivity contribution is 7.12. The van der Waals surface area contributed by atoms with E-state index in [1.807, 2.05) is 17.4 Å². The van der Waals surface area contributed by atoms with E-state index < -0.39 is 0 Å². The Kier molecular flexibility index (Phi) is 5.83. The minimum absolute atomic E-state index is 0.371. The Morgan fingerprint density at radius 3 is 2.71 bits per heavy atom. The third kappa shape index (κ3) is 4.58. The Balaban J connectivity index is 1.94. The molecule has 1 aromatic carbocycles. The third-order valence-electron chi connectivity index (χ3n) is 3.53. The van der Waals surface area contributed by atoms with E-state index in [1.54, 1.807) is 0 Å². The summed E-state index contributed by atoms with van der Waals surface area (Å²) >= 11 is 1.87. The van der Waals surface area contributed by atoms with Gasteiger partial charge in [-0.1, -0.05) is 19.1 Å². The van der Waals surface area contributed by atoms with E-state index in [1.165, 1.54) is 20.9 Å². The maximum Gasteiger partial charge on any atom is 0.119 e. The van der Waals surface area contributed by atoms with Gasteiger partial charge >= 0.3 is 0 Å². The Hall–Kier alpha value is -1.32. The lowest BCUT2D eigenvalue weighted by Crippen LogP contribution is -2.18. The molecule has 2 rings (SSSR count). The molecule has 114 valence electrons. The fraction of sp³-hybridized carbons (Fsp3) is 0.444. The molecule has 0 saturated heterocycles. The number of nitrogens with one attached hydrogen (secondary N) is 1. The zero-order chi connectivity index (χ0) is 15.2. The molecule has 0 saturated carbocycles. The standard InChI is InChI=1S/C18H25NOS/c1-5-9-20-17-8-6-7-16(11-17)12-19-14(3)18-10-13(2)21-15(18)4/h6-8,10-11,14,19H,5,9,12H2,1-4H3. The molecular formula is C18H25NOS. The average Bonchev–Trinajstić information content (AvgIpc) is 2.82. The maximum atomic E-state index is 5.68. The van der Waals surface area contributed by atoms with E-state index in [9.17, 15) is 0 Å². The highest BCUT2D eigenvalue weighted by Crippen LogP contribution is 2.26. The van der Waals surface area contributed by atoms with Crippen molar-refractivity contribution in [3.8, 4) is 5.75 Å². The first kappa shape index (κ1) is 16.1.